The standard InChI is InChI=1S/C6H15NSi/c1-5(4-7-3)6(2)8/h5,7H,2,4H2,1,3,8H3. The van der Waals surface area contributed by atoms with Gasteiger partial charge in [-0.05, 0) is 13.0 Å². The fourth-order valence-electron chi connectivity index (χ4n) is 0.480. The number of rotatable bonds is 3. The van der Waals surface area contributed by atoms with Crippen molar-refractivity contribution >= 4 is 10.2 Å². The number of nitrogens with one attached hydrogen (secondary N) is 1. The van der Waals surface area contributed by atoms with E-state index in [0.717, 1.165) is 16.8 Å². The molecule has 0 radical (unpaired) electrons. The molecule has 0 bridgehead atoms. The second kappa shape index (κ2) is 3.86. The molecule has 0 aromatic rings. The average Bonchev–Trinajstić information content (AvgIpc) is 1.67. The van der Waals surface area contributed by atoms with E-state index in [9.17, 15) is 0 Å². The normalized spacial score (nSPS) is 13.8. The molecule has 0 saturated heterocycles. The van der Waals surface area contributed by atoms with Crippen molar-refractivity contribution in [2.24, 2.45) is 5.92 Å². The van der Waals surface area contributed by atoms with Crippen molar-refractivity contribution < 1.29 is 0 Å². The van der Waals surface area contributed by atoms with Gasteiger partial charge < -0.3 is 5.32 Å². The molecule has 2 heteroatoms. The average molecular weight is 129 g/mol. The SMILES string of the molecule is C=C([SiH3])C(C)CNC. The van der Waals surface area contributed by atoms with E-state index in [1.807, 2.05) is 7.05 Å². The molecule has 0 aromatic carbocycles. The van der Waals surface area contributed by atoms with Crippen LogP contribution in [0, 0.1) is 5.92 Å². The minimum Gasteiger partial charge on any atom is -0.319 e. The highest BCUT2D eigenvalue weighted by Gasteiger charge is 1.97. The van der Waals surface area contributed by atoms with Crippen LogP contribution in [0.5, 0.6) is 0 Å². The fraction of sp³-hybridized carbons (Fsp3) is 0.667. The quantitative estimate of drug-likeness (QED) is 0.517. The van der Waals surface area contributed by atoms with Crippen molar-refractivity contribution in [3.8, 4) is 0 Å². The predicted molar refractivity (Wildman–Crippen MR) is 42.2 cm³/mol. The van der Waals surface area contributed by atoms with Crippen LogP contribution in [0.2, 0.25) is 0 Å². The Bertz CT molecular complexity index is 80.6. The van der Waals surface area contributed by atoms with Crippen LogP contribution in [0.3, 0.4) is 0 Å². The lowest BCUT2D eigenvalue weighted by Gasteiger charge is -2.08. The molecule has 0 rings (SSSR count). The summed E-state index contributed by atoms with van der Waals surface area (Å²) in [6.45, 7) is 7.17. The van der Waals surface area contributed by atoms with Crippen molar-refractivity contribution in [1.82, 2.24) is 5.32 Å². The molecule has 0 aromatic heterocycles. The fourth-order valence-corrected chi connectivity index (χ4v) is 0.685. The van der Waals surface area contributed by atoms with Gasteiger partial charge in [-0.1, -0.05) is 12.1 Å². The van der Waals surface area contributed by atoms with Gasteiger partial charge in [-0.15, -0.1) is 6.58 Å². The molecule has 8 heavy (non-hydrogen) atoms. The summed E-state index contributed by atoms with van der Waals surface area (Å²) in [7, 11) is 3.11. The van der Waals surface area contributed by atoms with E-state index in [4.69, 9.17) is 0 Å². The summed E-state index contributed by atoms with van der Waals surface area (Å²) in [5, 5.41) is 4.50. The first kappa shape index (κ1) is 7.92. The van der Waals surface area contributed by atoms with Gasteiger partial charge in [0.2, 0.25) is 0 Å². The van der Waals surface area contributed by atoms with E-state index >= 15 is 0 Å². The highest BCUT2D eigenvalue weighted by molar-refractivity contribution is 6.21. The van der Waals surface area contributed by atoms with Crippen molar-refractivity contribution in [3.05, 3.63) is 11.8 Å². The molecule has 0 saturated carbocycles. The Morgan fingerprint density at radius 3 is 2.50 bits per heavy atom. The van der Waals surface area contributed by atoms with Gasteiger partial charge in [0.15, 0.2) is 0 Å². The van der Waals surface area contributed by atoms with Crippen molar-refractivity contribution in [2.75, 3.05) is 13.6 Å². The Labute approximate surface area is 54.6 Å². The van der Waals surface area contributed by atoms with Crippen LogP contribution in [0.4, 0.5) is 0 Å². The lowest BCUT2D eigenvalue weighted by molar-refractivity contribution is 0.641. The molecular formula is C6H15NSi. The van der Waals surface area contributed by atoms with Gasteiger partial charge in [0.1, 0.15) is 0 Å². The van der Waals surface area contributed by atoms with E-state index in [2.05, 4.69) is 18.8 Å². The minimum absolute atomic E-state index is 0.673. The summed E-state index contributed by atoms with van der Waals surface area (Å²) in [6, 6.07) is 0. The molecule has 0 aliphatic rings. The Kier molecular flexibility index (Phi) is 3.82. The summed E-state index contributed by atoms with van der Waals surface area (Å²) in [5.41, 5.74) is 0. The smallest absolute Gasteiger partial charge is 0.0329 e. The van der Waals surface area contributed by atoms with E-state index < -0.39 is 0 Å². The molecule has 1 N–H and O–H groups in total. The zero-order valence-electron chi connectivity index (χ0n) is 5.99. The van der Waals surface area contributed by atoms with Crippen LogP contribution in [0.25, 0.3) is 0 Å². The van der Waals surface area contributed by atoms with Crippen LogP contribution in [0.1, 0.15) is 6.92 Å². The van der Waals surface area contributed by atoms with Gasteiger partial charge in [-0.3, -0.25) is 0 Å². The third-order valence-corrected chi connectivity index (χ3v) is 2.34. The topological polar surface area (TPSA) is 12.0 Å². The van der Waals surface area contributed by atoms with Crippen molar-refractivity contribution in [3.63, 3.8) is 0 Å². The van der Waals surface area contributed by atoms with Crippen LogP contribution in [-0.2, 0) is 0 Å². The number of hydrogen-bond acceptors (Lipinski definition) is 1. The van der Waals surface area contributed by atoms with Crippen LogP contribution >= 0.6 is 0 Å². The largest absolute Gasteiger partial charge is 0.319 e. The summed E-state index contributed by atoms with van der Waals surface area (Å²) in [6.07, 6.45) is 0. The van der Waals surface area contributed by atoms with E-state index in [1.165, 1.54) is 5.20 Å². The van der Waals surface area contributed by atoms with Crippen molar-refractivity contribution in [2.45, 2.75) is 6.92 Å². The molecule has 0 aliphatic heterocycles. The Morgan fingerprint density at radius 2 is 2.38 bits per heavy atom. The Balaban J connectivity index is 3.32. The van der Waals surface area contributed by atoms with Gasteiger partial charge in [0.05, 0.1) is 0 Å². The molecule has 1 atom stereocenters. The maximum atomic E-state index is 3.90. The molecule has 48 valence electrons. The minimum atomic E-state index is 0.673. The van der Waals surface area contributed by atoms with Crippen LogP contribution < -0.4 is 5.32 Å². The van der Waals surface area contributed by atoms with E-state index in [0.29, 0.717) is 5.92 Å². The first-order chi connectivity index (χ1) is 3.68. The lowest BCUT2D eigenvalue weighted by Crippen LogP contribution is -2.17. The van der Waals surface area contributed by atoms with E-state index in [1.54, 1.807) is 0 Å². The predicted octanol–water partition coefficient (Wildman–Crippen LogP) is -0.279. The maximum Gasteiger partial charge on any atom is 0.0329 e. The molecule has 1 unspecified atom stereocenters. The summed E-state index contributed by atoms with van der Waals surface area (Å²) < 4.78 is 0. The monoisotopic (exact) mass is 129 g/mol. The van der Waals surface area contributed by atoms with Gasteiger partial charge in [-0.2, -0.15) is 0 Å². The number of hydrogen-bond donors (Lipinski definition) is 1. The third kappa shape index (κ3) is 2.99. The molecule has 0 heterocycles. The first-order valence-electron chi connectivity index (χ1n) is 2.98. The molecular weight excluding hydrogens is 114 g/mol. The molecule has 0 amide bonds. The highest BCUT2D eigenvalue weighted by Crippen LogP contribution is 1.99. The van der Waals surface area contributed by atoms with Gasteiger partial charge in [0, 0.05) is 16.8 Å². The summed E-state index contributed by atoms with van der Waals surface area (Å²) in [4.78, 5) is 0. The van der Waals surface area contributed by atoms with Crippen LogP contribution in [-0.4, -0.2) is 23.8 Å². The van der Waals surface area contributed by atoms with Gasteiger partial charge >= 0.3 is 0 Å². The first-order valence-corrected chi connectivity index (χ1v) is 3.98. The molecule has 0 aliphatic carbocycles. The molecule has 0 spiro atoms. The van der Waals surface area contributed by atoms with Crippen molar-refractivity contribution in [1.29, 1.82) is 0 Å². The van der Waals surface area contributed by atoms with Gasteiger partial charge in [0.25, 0.3) is 0 Å². The Hall–Kier alpha value is -0.0831. The van der Waals surface area contributed by atoms with E-state index in [-0.39, 0.29) is 0 Å². The lowest BCUT2D eigenvalue weighted by atomic mass is 10.2. The molecule has 1 nitrogen and oxygen atoms in total. The molecule has 0 fully saturated rings. The Morgan fingerprint density at radius 1 is 1.88 bits per heavy atom. The third-order valence-electron chi connectivity index (χ3n) is 1.35. The second-order valence-electron chi connectivity index (χ2n) is 2.31. The van der Waals surface area contributed by atoms with Crippen LogP contribution in [0.15, 0.2) is 11.8 Å². The van der Waals surface area contributed by atoms with Gasteiger partial charge in [-0.25, -0.2) is 0 Å². The summed E-state index contributed by atoms with van der Waals surface area (Å²) in [5.74, 6) is 0.673. The second-order valence-corrected chi connectivity index (χ2v) is 3.59. The zero-order chi connectivity index (χ0) is 6.57. The zero-order valence-corrected chi connectivity index (χ0v) is 7.99. The summed E-state index contributed by atoms with van der Waals surface area (Å²) >= 11 is 0. The highest BCUT2D eigenvalue weighted by atomic mass is 28.1. The maximum absolute atomic E-state index is 3.90.